The molecule has 2 aromatic rings. The van der Waals surface area contributed by atoms with Gasteiger partial charge in [-0.15, -0.1) is 11.3 Å². The van der Waals surface area contributed by atoms with Gasteiger partial charge in [0.15, 0.2) is 18.1 Å². The maximum Gasteiger partial charge on any atom is 0.306 e. The molecule has 166 valence electrons. The van der Waals surface area contributed by atoms with Crippen molar-refractivity contribution < 1.29 is 23.8 Å². The van der Waals surface area contributed by atoms with Crippen LogP contribution in [0.4, 0.5) is 0 Å². The van der Waals surface area contributed by atoms with E-state index in [1.807, 2.05) is 56.5 Å². The van der Waals surface area contributed by atoms with Crippen LogP contribution in [0.25, 0.3) is 0 Å². The Morgan fingerprint density at radius 1 is 1.16 bits per heavy atom. The van der Waals surface area contributed by atoms with Crippen LogP contribution in [0.1, 0.15) is 50.1 Å². The van der Waals surface area contributed by atoms with Crippen LogP contribution in [-0.4, -0.2) is 43.4 Å². The number of ether oxygens (including phenoxy) is 3. The van der Waals surface area contributed by atoms with Gasteiger partial charge in [-0.3, -0.25) is 9.59 Å². The number of carbonyl (C=O) groups excluding carboxylic acids is 2. The topological polar surface area (TPSA) is 77.4 Å². The Labute approximate surface area is 186 Å². The standard InChI is InChI=1S/C23H28N2O5S/c1-23(2,3)13-22(27)30-14-21(26)25-17(12-16(24-25)20-7-6-10-31-20)15-8-9-18(28-4)19(11-15)29-5/h6-11,17H,12-14H2,1-5H3. The number of amides is 1. The third kappa shape index (κ3) is 5.64. The SMILES string of the molecule is COc1ccc(C2CC(c3cccs3)=NN2C(=O)COC(=O)CC(C)(C)C)cc1OC. The van der Waals surface area contributed by atoms with E-state index in [-0.39, 0.29) is 30.4 Å². The molecule has 0 N–H and O–H groups in total. The van der Waals surface area contributed by atoms with E-state index in [4.69, 9.17) is 14.2 Å². The average Bonchev–Trinajstić information content (AvgIpc) is 3.40. The Balaban J connectivity index is 1.82. The van der Waals surface area contributed by atoms with Crippen LogP contribution >= 0.6 is 11.3 Å². The summed E-state index contributed by atoms with van der Waals surface area (Å²) in [5.41, 5.74) is 1.48. The lowest BCUT2D eigenvalue weighted by atomic mass is 9.92. The minimum Gasteiger partial charge on any atom is -0.493 e. The Morgan fingerprint density at radius 2 is 1.90 bits per heavy atom. The highest BCUT2D eigenvalue weighted by Crippen LogP contribution is 2.37. The molecule has 0 saturated carbocycles. The minimum absolute atomic E-state index is 0.208. The van der Waals surface area contributed by atoms with Crippen molar-refractivity contribution in [2.24, 2.45) is 10.5 Å². The van der Waals surface area contributed by atoms with Crippen molar-refractivity contribution in [3.63, 3.8) is 0 Å². The van der Waals surface area contributed by atoms with Crippen molar-refractivity contribution >= 4 is 28.9 Å². The molecule has 0 fully saturated rings. The molecule has 1 aliphatic heterocycles. The minimum atomic E-state index is -0.398. The maximum atomic E-state index is 13.0. The highest BCUT2D eigenvalue weighted by Gasteiger charge is 2.34. The van der Waals surface area contributed by atoms with Crippen LogP contribution in [0.15, 0.2) is 40.8 Å². The fourth-order valence-corrected chi connectivity index (χ4v) is 4.07. The zero-order valence-electron chi connectivity index (χ0n) is 18.5. The number of hydrazone groups is 1. The van der Waals surface area contributed by atoms with Crippen molar-refractivity contribution in [1.82, 2.24) is 5.01 Å². The van der Waals surface area contributed by atoms with Gasteiger partial charge in [0.05, 0.1) is 37.3 Å². The molecule has 1 amide bonds. The van der Waals surface area contributed by atoms with Crippen LogP contribution in [0.2, 0.25) is 0 Å². The number of benzene rings is 1. The molecule has 0 saturated heterocycles. The van der Waals surface area contributed by atoms with Crippen molar-refractivity contribution in [3.05, 3.63) is 46.2 Å². The van der Waals surface area contributed by atoms with E-state index < -0.39 is 5.97 Å². The number of methoxy groups -OCH3 is 2. The van der Waals surface area contributed by atoms with Gasteiger partial charge in [-0.1, -0.05) is 32.9 Å². The number of esters is 1. The molecule has 7 nitrogen and oxygen atoms in total. The molecule has 0 bridgehead atoms. The van der Waals surface area contributed by atoms with E-state index in [0.717, 1.165) is 16.2 Å². The third-order valence-electron chi connectivity index (χ3n) is 4.80. The molecular formula is C23H28N2O5S. The quantitative estimate of drug-likeness (QED) is 0.591. The van der Waals surface area contributed by atoms with E-state index >= 15 is 0 Å². The maximum absolute atomic E-state index is 13.0. The van der Waals surface area contributed by atoms with Crippen molar-refractivity contribution in [2.45, 2.75) is 39.7 Å². The fraction of sp³-hybridized carbons (Fsp3) is 0.435. The van der Waals surface area contributed by atoms with Gasteiger partial charge in [-0.05, 0) is 34.6 Å². The van der Waals surface area contributed by atoms with Crippen molar-refractivity contribution in [3.8, 4) is 11.5 Å². The number of carbonyl (C=O) groups is 2. The molecule has 1 atom stereocenters. The van der Waals surface area contributed by atoms with Crippen LogP contribution in [0.5, 0.6) is 11.5 Å². The molecule has 2 heterocycles. The number of nitrogens with zero attached hydrogens (tertiary/aromatic N) is 2. The highest BCUT2D eigenvalue weighted by atomic mass is 32.1. The predicted molar refractivity (Wildman–Crippen MR) is 120 cm³/mol. The van der Waals surface area contributed by atoms with E-state index in [0.29, 0.717) is 17.9 Å². The Bertz CT molecular complexity index is 963. The van der Waals surface area contributed by atoms with Gasteiger partial charge in [0.25, 0.3) is 5.91 Å². The Hall–Kier alpha value is -2.87. The molecule has 1 unspecified atom stereocenters. The fourth-order valence-electron chi connectivity index (χ4n) is 3.34. The lowest BCUT2D eigenvalue weighted by Crippen LogP contribution is -2.31. The average molecular weight is 445 g/mol. The lowest BCUT2D eigenvalue weighted by molar-refractivity contribution is -0.154. The van der Waals surface area contributed by atoms with Crippen LogP contribution in [0, 0.1) is 5.41 Å². The monoisotopic (exact) mass is 444 g/mol. The summed E-state index contributed by atoms with van der Waals surface area (Å²) >= 11 is 1.57. The first-order valence-electron chi connectivity index (χ1n) is 10.0. The third-order valence-corrected chi connectivity index (χ3v) is 5.71. The second-order valence-corrected chi connectivity index (χ2v) is 9.44. The molecule has 1 aromatic carbocycles. The molecule has 31 heavy (non-hydrogen) atoms. The van der Waals surface area contributed by atoms with E-state index in [2.05, 4.69) is 5.10 Å². The first kappa shape index (κ1) is 22.8. The second kappa shape index (κ2) is 9.51. The summed E-state index contributed by atoms with van der Waals surface area (Å²) in [6, 6.07) is 9.15. The summed E-state index contributed by atoms with van der Waals surface area (Å²) in [6.45, 7) is 5.49. The van der Waals surface area contributed by atoms with Crippen LogP contribution in [-0.2, 0) is 14.3 Å². The first-order valence-corrected chi connectivity index (χ1v) is 10.9. The number of rotatable bonds is 7. The Kier molecular flexibility index (Phi) is 7.00. The van der Waals surface area contributed by atoms with Crippen molar-refractivity contribution in [2.75, 3.05) is 20.8 Å². The summed E-state index contributed by atoms with van der Waals surface area (Å²) in [6.07, 6.45) is 0.792. The van der Waals surface area contributed by atoms with Gasteiger partial charge in [0.1, 0.15) is 0 Å². The van der Waals surface area contributed by atoms with Gasteiger partial charge in [0, 0.05) is 6.42 Å². The Morgan fingerprint density at radius 3 is 2.52 bits per heavy atom. The molecule has 1 aliphatic rings. The zero-order chi connectivity index (χ0) is 22.6. The molecule has 0 spiro atoms. The van der Waals surface area contributed by atoms with E-state index in [1.54, 1.807) is 25.6 Å². The van der Waals surface area contributed by atoms with Crippen molar-refractivity contribution in [1.29, 1.82) is 0 Å². The van der Waals surface area contributed by atoms with Gasteiger partial charge in [0.2, 0.25) is 0 Å². The summed E-state index contributed by atoms with van der Waals surface area (Å²) in [5.74, 6) is 0.421. The van der Waals surface area contributed by atoms with Crippen LogP contribution in [0.3, 0.4) is 0 Å². The van der Waals surface area contributed by atoms with E-state index in [1.165, 1.54) is 5.01 Å². The summed E-state index contributed by atoms with van der Waals surface area (Å²) in [4.78, 5) is 26.1. The van der Waals surface area contributed by atoms with Gasteiger partial charge < -0.3 is 14.2 Å². The predicted octanol–water partition coefficient (Wildman–Crippen LogP) is 4.42. The van der Waals surface area contributed by atoms with E-state index in [9.17, 15) is 9.59 Å². The normalized spacial score (nSPS) is 16.1. The number of hydrogen-bond donors (Lipinski definition) is 0. The highest BCUT2D eigenvalue weighted by molar-refractivity contribution is 7.12. The zero-order valence-corrected chi connectivity index (χ0v) is 19.3. The lowest BCUT2D eigenvalue weighted by Gasteiger charge is -2.23. The summed E-state index contributed by atoms with van der Waals surface area (Å²) in [7, 11) is 3.15. The van der Waals surface area contributed by atoms with Crippen LogP contribution < -0.4 is 9.47 Å². The summed E-state index contributed by atoms with van der Waals surface area (Å²) < 4.78 is 16.0. The number of hydrogen-bond acceptors (Lipinski definition) is 7. The number of thiophene rings is 1. The molecule has 0 aliphatic carbocycles. The largest absolute Gasteiger partial charge is 0.493 e. The first-order chi connectivity index (χ1) is 14.7. The molecule has 1 aromatic heterocycles. The summed E-state index contributed by atoms with van der Waals surface area (Å²) in [5, 5.41) is 7.98. The second-order valence-electron chi connectivity index (χ2n) is 8.49. The molecule has 0 radical (unpaired) electrons. The molecule has 8 heteroatoms. The van der Waals surface area contributed by atoms with Gasteiger partial charge in [-0.25, -0.2) is 5.01 Å². The van der Waals surface area contributed by atoms with Gasteiger partial charge in [-0.2, -0.15) is 5.10 Å². The van der Waals surface area contributed by atoms with Gasteiger partial charge >= 0.3 is 5.97 Å². The molecular weight excluding hydrogens is 416 g/mol. The smallest absolute Gasteiger partial charge is 0.306 e. The molecule has 3 rings (SSSR count).